The molecule has 0 bridgehead atoms. The molecule has 0 aliphatic rings. The Labute approximate surface area is 125 Å². The summed E-state index contributed by atoms with van der Waals surface area (Å²) in [5.41, 5.74) is 1.19. The van der Waals surface area contributed by atoms with Crippen LogP contribution in [0.3, 0.4) is 0 Å². The lowest BCUT2D eigenvalue weighted by atomic mass is 10.0. The van der Waals surface area contributed by atoms with Crippen molar-refractivity contribution < 1.29 is 19.4 Å². The average molecular weight is 293 g/mol. The summed E-state index contributed by atoms with van der Waals surface area (Å²) in [6.45, 7) is 7.48. The number of carboxylic acid groups (broad SMARTS) is 1. The van der Waals surface area contributed by atoms with Crippen molar-refractivity contribution in [1.29, 1.82) is 0 Å². The molecule has 1 unspecified atom stereocenters. The molecular formula is C16H23NO4. The Morgan fingerprint density at radius 1 is 1.14 bits per heavy atom. The minimum Gasteiger partial charge on any atom is -0.484 e. The van der Waals surface area contributed by atoms with Crippen LogP contribution >= 0.6 is 0 Å². The van der Waals surface area contributed by atoms with E-state index in [0.29, 0.717) is 11.7 Å². The van der Waals surface area contributed by atoms with Crippen LogP contribution in [0.2, 0.25) is 0 Å². The Bertz CT molecular complexity index is 480. The third-order valence-corrected chi connectivity index (χ3v) is 3.17. The van der Waals surface area contributed by atoms with Gasteiger partial charge < -0.3 is 15.2 Å². The highest BCUT2D eigenvalue weighted by atomic mass is 16.5. The van der Waals surface area contributed by atoms with Crippen molar-refractivity contribution in [2.75, 3.05) is 6.61 Å². The number of hydrogen-bond donors (Lipinski definition) is 2. The lowest BCUT2D eigenvalue weighted by Gasteiger charge is -2.18. The second-order valence-electron chi connectivity index (χ2n) is 5.64. The van der Waals surface area contributed by atoms with Gasteiger partial charge in [-0.2, -0.15) is 0 Å². The van der Waals surface area contributed by atoms with E-state index in [2.05, 4.69) is 19.2 Å². The molecule has 1 rings (SSSR count). The second kappa shape index (κ2) is 7.67. The van der Waals surface area contributed by atoms with Crippen molar-refractivity contribution >= 4 is 11.9 Å². The fourth-order valence-electron chi connectivity index (χ4n) is 1.83. The molecule has 5 heteroatoms. The summed E-state index contributed by atoms with van der Waals surface area (Å²) in [4.78, 5) is 22.7. The van der Waals surface area contributed by atoms with Crippen LogP contribution < -0.4 is 10.1 Å². The Morgan fingerprint density at radius 3 is 2.14 bits per heavy atom. The number of nitrogens with one attached hydrogen (secondary N) is 1. The van der Waals surface area contributed by atoms with Crippen LogP contribution in [0.4, 0.5) is 0 Å². The summed E-state index contributed by atoms with van der Waals surface area (Å²) >= 11 is 0. The first-order valence-corrected chi connectivity index (χ1v) is 7.06. The third kappa shape index (κ3) is 5.45. The number of aliphatic carboxylic acids is 1. The van der Waals surface area contributed by atoms with E-state index in [1.165, 1.54) is 5.56 Å². The highest BCUT2D eigenvalue weighted by molar-refractivity contribution is 5.84. The zero-order chi connectivity index (χ0) is 16.0. The monoisotopic (exact) mass is 293 g/mol. The van der Waals surface area contributed by atoms with Crippen LogP contribution in [0.5, 0.6) is 5.75 Å². The topological polar surface area (TPSA) is 75.6 Å². The smallest absolute Gasteiger partial charge is 0.326 e. The molecule has 0 saturated heterocycles. The molecular weight excluding hydrogens is 270 g/mol. The molecule has 1 atom stereocenters. The van der Waals surface area contributed by atoms with Gasteiger partial charge in [-0.15, -0.1) is 0 Å². The summed E-state index contributed by atoms with van der Waals surface area (Å²) < 4.78 is 5.36. The molecule has 0 aliphatic carbocycles. The number of carbonyl (C=O) groups excluding carboxylic acids is 1. The normalized spacial score (nSPS) is 12.3. The number of carboxylic acids is 1. The van der Waals surface area contributed by atoms with Gasteiger partial charge in [0.1, 0.15) is 11.8 Å². The van der Waals surface area contributed by atoms with Gasteiger partial charge in [-0.3, -0.25) is 4.79 Å². The number of ether oxygens (including phenoxy) is 1. The second-order valence-corrected chi connectivity index (χ2v) is 5.64. The van der Waals surface area contributed by atoms with E-state index >= 15 is 0 Å². The van der Waals surface area contributed by atoms with Crippen molar-refractivity contribution in [3.05, 3.63) is 29.8 Å². The number of hydrogen-bond acceptors (Lipinski definition) is 3. The van der Waals surface area contributed by atoms with Crippen LogP contribution in [-0.4, -0.2) is 29.6 Å². The van der Waals surface area contributed by atoms with Crippen molar-refractivity contribution in [1.82, 2.24) is 5.32 Å². The van der Waals surface area contributed by atoms with Gasteiger partial charge in [0.25, 0.3) is 5.91 Å². The summed E-state index contributed by atoms with van der Waals surface area (Å²) in [6.07, 6.45) is 0. The van der Waals surface area contributed by atoms with Crippen LogP contribution in [0.1, 0.15) is 39.2 Å². The Hall–Kier alpha value is -2.04. The fourth-order valence-corrected chi connectivity index (χ4v) is 1.83. The molecule has 116 valence electrons. The maximum Gasteiger partial charge on any atom is 0.326 e. The first-order valence-electron chi connectivity index (χ1n) is 7.06. The van der Waals surface area contributed by atoms with E-state index in [4.69, 9.17) is 9.84 Å². The van der Waals surface area contributed by atoms with Crippen LogP contribution in [0, 0.1) is 5.92 Å². The molecule has 1 aromatic carbocycles. The molecule has 2 N–H and O–H groups in total. The van der Waals surface area contributed by atoms with Gasteiger partial charge in [-0.05, 0) is 29.5 Å². The van der Waals surface area contributed by atoms with Crippen molar-refractivity contribution in [2.24, 2.45) is 5.92 Å². The summed E-state index contributed by atoms with van der Waals surface area (Å²) in [6, 6.07) is 6.61. The SMILES string of the molecule is CC(C)c1ccc(OCC(=O)NC(C(=O)O)C(C)C)cc1. The molecule has 0 saturated carbocycles. The van der Waals surface area contributed by atoms with Crippen molar-refractivity contribution in [3.8, 4) is 5.75 Å². The molecule has 0 heterocycles. The fraction of sp³-hybridized carbons (Fsp3) is 0.500. The number of rotatable bonds is 7. The molecule has 21 heavy (non-hydrogen) atoms. The van der Waals surface area contributed by atoms with Crippen LogP contribution in [0.15, 0.2) is 24.3 Å². The Balaban J connectivity index is 2.51. The van der Waals surface area contributed by atoms with Gasteiger partial charge >= 0.3 is 5.97 Å². The summed E-state index contributed by atoms with van der Waals surface area (Å²) in [5, 5.41) is 11.5. The molecule has 0 aliphatic heterocycles. The molecule has 5 nitrogen and oxygen atoms in total. The highest BCUT2D eigenvalue weighted by Gasteiger charge is 2.23. The maximum absolute atomic E-state index is 11.7. The zero-order valence-corrected chi connectivity index (χ0v) is 12.9. The lowest BCUT2D eigenvalue weighted by molar-refractivity contribution is -0.143. The molecule has 0 spiro atoms. The zero-order valence-electron chi connectivity index (χ0n) is 12.9. The standard InChI is InChI=1S/C16H23NO4/c1-10(2)12-5-7-13(8-6-12)21-9-14(18)17-15(11(3)4)16(19)20/h5-8,10-11,15H,9H2,1-4H3,(H,17,18)(H,19,20). The van der Waals surface area contributed by atoms with Gasteiger partial charge in [0, 0.05) is 0 Å². The molecule has 0 aromatic heterocycles. The van der Waals surface area contributed by atoms with Crippen molar-refractivity contribution in [2.45, 2.75) is 39.7 Å². The third-order valence-electron chi connectivity index (χ3n) is 3.17. The van der Waals surface area contributed by atoms with Gasteiger partial charge in [0.2, 0.25) is 0 Å². The molecule has 0 radical (unpaired) electrons. The maximum atomic E-state index is 11.7. The first kappa shape index (κ1) is 17.0. The molecule has 1 aromatic rings. The van der Waals surface area contributed by atoms with Crippen LogP contribution in [-0.2, 0) is 9.59 Å². The Morgan fingerprint density at radius 2 is 1.71 bits per heavy atom. The minimum atomic E-state index is -1.04. The average Bonchev–Trinajstić information content (AvgIpc) is 2.42. The van der Waals surface area contributed by atoms with Crippen LogP contribution in [0.25, 0.3) is 0 Å². The van der Waals surface area contributed by atoms with E-state index < -0.39 is 17.9 Å². The predicted molar refractivity (Wildman–Crippen MR) is 80.4 cm³/mol. The van der Waals surface area contributed by atoms with Crippen molar-refractivity contribution in [3.63, 3.8) is 0 Å². The largest absolute Gasteiger partial charge is 0.484 e. The van der Waals surface area contributed by atoms with Gasteiger partial charge in [-0.1, -0.05) is 39.8 Å². The lowest BCUT2D eigenvalue weighted by Crippen LogP contribution is -2.46. The Kier molecular flexibility index (Phi) is 6.21. The number of amides is 1. The quantitative estimate of drug-likeness (QED) is 0.809. The van der Waals surface area contributed by atoms with E-state index in [1.807, 2.05) is 12.1 Å². The molecule has 0 fully saturated rings. The van der Waals surface area contributed by atoms with E-state index in [-0.39, 0.29) is 12.5 Å². The van der Waals surface area contributed by atoms with Gasteiger partial charge in [-0.25, -0.2) is 4.79 Å². The number of carbonyl (C=O) groups is 2. The molecule has 1 amide bonds. The first-order chi connectivity index (χ1) is 9.81. The summed E-state index contributed by atoms with van der Waals surface area (Å²) in [7, 11) is 0. The van der Waals surface area contributed by atoms with E-state index in [1.54, 1.807) is 26.0 Å². The highest BCUT2D eigenvalue weighted by Crippen LogP contribution is 2.18. The van der Waals surface area contributed by atoms with Gasteiger partial charge in [0.05, 0.1) is 0 Å². The minimum absolute atomic E-state index is 0.184. The predicted octanol–water partition coefficient (Wildman–Crippen LogP) is 2.41. The van der Waals surface area contributed by atoms with E-state index in [9.17, 15) is 9.59 Å². The van der Waals surface area contributed by atoms with Gasteiger partial charge in [0.15, 0.2) is 6.61 Å². The number of benzene rings is 1. The summed E-state index contributed by atoms with van der Waals surface area (Å²) in [5.74, 6) is -0.642. The van der Waals surface area contributed by atoms with E-state index in [0.717, 1.165) is 0 Å².